The third-order valence-corrected chi connectivity index (χ3v) is 3.62. The molecule has 0 bridgehead atoms. The summed E-state index contributed by atoms with van der Waals surface area (Å²) >= 11 is 2.09. The number of phenols is 1. The standard InChI is InChI=1S/C15H15IN2O3/c1-21-14-5-2-9(6-12(14)17)8-18-15(20)11-7-10(16)3-4-13(11)19/h2-7,19H,8,17H2,1H3,(H,18,20). The lowest BCUT2D eigenvalue weighted by molar-refractivity contribution is 0.0948. The molecule has 2 rings (SSSR count). The first kappa shape index (κ1) is 15.4. The van der Waals surface area contributed by atoms with Crippen LogP contribution in [0.3, 0.4) is 0 Å². The lowest BCUT2D eigenvalue weighted by atomic mass is 10.1. The molecule has 0 aliphatic rings. The van der Waals surface area contributed by atoms with Gasteiger partial charge in [0.05, 0.1) is 18.4 Å². The minimum atomic E-state index is -0.333. The van der Waals surface area contributed by atoms with Crippen molar-refractivity contribution in [2.45, 2.75) is 6.54 Å². The Morgan fingerprint density at radius 3 is 2.76 bits per heavy atom. The normalized spacial score (nSPS) is 10.2. The van der Waals surface area contributed by atoms with Crippen LogP contribution < -0.4 is 15.8 Å². The molecular formula is C15H15IN2O3. The Kier molecular flexibility index (Phi) is 4.89. The average molecular weight is 398 g/mol. The second-order valence-electron chi connectivity index (χ2n) is 4.42. The van der Waals surface area contributed by atoms with Gasteiger partial charge in [0.2, 0.25) is 0 Å². The molecule has 0 unspecified atom stereocenters. The Morgan fingerprint density at radius 1 is 1.33 bits per heavy atom. The summed E-state index contributed by atoms with van der Waals surface area (Å²) in [5, 5.41) is 12.5. The third kappa shape index (κ3) is 3.78. The van der Waals surface area contributed by atoms with Gasteiger partial charge in [0.1, 0.15) is 11.5 Å². The number of rotatable bonds is 4. The topological polar surface area (TPSA) is 84.6 Å². The van der Waals surface area contributed by atoms with E-state index in [2.05, 4.69) is 27.9 Å². The molecule has 0 aliphatic heterocycles. The minimum absolute atomic E-state index is 0.0397. The maximum atomic E-state index is 12.1. The van der Waals surface area contributed by atoms with Crippen molar-refractivity contribution >= 4 is 34.2 Å². The fraction of sp³-hybridized carbons (Fsp3) is 0.133. The van der Waals surface area contributed by atoms with Gasteiger partial charge in [0.25, 0.3) is 5.91 Å². The van der Waals surface area contributed by atoms with Gasteiger partial charge in [0.15, 0.2) is 0 Å². The Labute approximate surface area is 136 Å². The van der Waals surface area contributed by atoms with Crippen LogP contribution in [0.25, 0.3) is 0 Å². The Hall–Kier alpha value is -1.96. The molecule has 0 radical (unpaired) electrons. The van der Waals surface area contributed by atoms with Crippen molar-refractivity contribution in [3.63, 3.8) is 0 Å². The summed E-state index contributed by atoms with van der Waals surface area (Å²) in [5.74, 6) is 0.225. The highest BCUT2D eigenvalue weighted by molar-refractivity contribution is 14.1. The first-order valence-electron chi connectivity index (χ1n) is 6.20. The summed E-state index contributed by atoms with van der Waals surface area (Å²) in [6.45, 7) is 0.317. The molecule has 0 spiro atoms. The van der Waals surface area contributed by atoms with Crippen molar-refractivity contribution in [2.24, 2.45) is 0 Å². The van der Waals surface area contributed by atoms with Gasteiger partial charge < -0.3 is 20.9 Å². The maximum absolute atomic E-state index is 12.1. The van der Waals surface area contributed by atoms with Crippen molar-refractivity contribution in [3.05, 3.63) is 51.1 Å². The van der Waals surface area contributed by atoms with Gasteiger partial charge in [-0.1, -0.05) is 6.07 Å². The van der Waals surface area contributed by atoms with Gasteiger partial charge in [-0.15, -0.1) is 0 Å². The molecule has 0 saturated carbocycles. The number of benzene rings is 2. The summed E-state index contributed by atoms with van der Waals surface area (Å²) in [6, 6.07) is 10.2. The van der Waals surface area contributed by atoms with E-state index in [0.29, 0.717) is 18.0 Å². The summed E-state index contributed by atoms with van der Waals surface area (Å²) in [6.07, 6.45) is 0. The first-order valence-corrected chi connectivity index (χ1v) is 7.28. The molecule has 0 fully saturated rings. The minimum Gasteiger partial charge on any atom is -0.507 e. The van der Waals surface area contributed by atoms with E-state index in [0.717, 1.165) is 9.13 Å². The number of methoxy groups -OCH3 is 1. The fourth-order valence-electron chi connectivity index (χ4n) is 1.86. The van der Waals surface area contributed by atoms with E-state index in [4.69, 9.17) is 10.5 Å². The number of phenolic OH excluding ortho intramolecular Hbond substituents is 1. The number of ether oxygens (including phenoxy) is 1. The zero-order valence-corrected chi connectivity index (χ0v) is 13.5. The van der Waals surface area contributed by atoms with Crippen molar-refractivity contribution in [1.82, 2.24) is 5.32 Å². The molecule has 2 aromatic carbocycles. The summed E-state index contributed by atoms with van der Waals surface area (Å²) in [4.78, 5) is 12.1. The van der Waals surface area contributed by atoms with Crippen LogP contribution in [-0.4, -0.2) is 18.1 Å². The van der Waals surface area contributed by atoms with Crippen molar-refractivity contribution in [1.29, 1.82) is 0 Å². The van der Waals surface area contributed by atoms with Gasteiger partial charge >= 0.3 is 0 Å². The monoisotopic (exact) mass is 398 g/mol. The molecule has 0 heterocycles. The zero-order valence-electron chi connectivity index (χ0n) is 11.4. The van der Waals surface area contributed by atoms with Crippen molar-refractivity contribution < 1.29 is 14.6 Å². The Balaban J connectivity index is 2.07. The molecule has 21 heavy (non-hydrogen) atoms. The van der Waals surface area contributed by atoms with E-state index in [1.54, 1.807) is 31.4 Å². The van der Waals surface area contributed by atoms with Crippen LogP contribution in [0, 0.1) is 3.57 Å². The Morgan fingerprint density at radius 2 is 2.10 bits per heavy atom. The molecule has 0 aromatic heterocycles. The highest BCUT2D eigenvalue weighted by Crippen LogP contribution is 2.22. The van der Waals surface area contributed by atoms with Gasteiger partial charge in [-0.25, -0.2) is 0 Å². The fourth-order valence-corrected chi connectivity index (χ4v) is 2.35. The average Bonchev–Trinajstić information content (AvgIpc) is 2.47. The number of hydrogen-bond acceptors (Lipinski definition) is 4. The second-order valence-corrected chi connectivity index (χ2v) is 5.67. The van der Waals surface area contributed by atoms with Gasteiger partial charge in [0, 0.05) is 10.1 Å². The molecule has 4 N–H and O–H groups in total. The van der Waals surface area contributed by atoms with Crippen molar-refractivity contribution in [3.8, 4) is 11.5 Å². The number of aromatic hydroxyl groups is 1. The molecule has 5 nitrogen and oxygen atoms in total. The van der Waals surface area contributed by atoms with Crippen LogP contribution >= 0.6 is 22.6 Å². The number of carbonyl (C=O) groups is 1. The number of amides is 1. The largest absolute Gasteiger partial charge is 0.507 e. The Bertz CT molecular complexity index is 674. The molecule has 1 amide bonds. The van der Waals surface area contributed by atoms with Crippen molar-refractivity contribution in [2.75, 3.05) is 12.8 Å². The SMILES string of the molecule is COc1ccc(CNC(=O)c2cc(I)ccc2O)cc1N. The third-order valence-electron chi connectivity index (χ3n) is 2.95. The quantitative estimate of drug-likeness (QED) is 0.546. The number of halogens is 1. The number of anilines is 1. The molecule has 110 valence electrons. The van der Waals surface area contributed by atoms with Crippen LogP contribution in [0.1, 0.15) is 15.9 Å². The second kappa shape index (κ2) is 6.66. The van der Waals surface area contributed by atoms with Gasteiger partial charge in [-0.05, 0) is 58.5 Å². The van der Waals surface area contributed by atoms with E-state index in [-0.39, 0.29) is 17.2 Å². The summed E-state index contributed by atoms with van der Waals surface area (Å²) in [5.41, 5.74) is 7.44. The van der Waals surface area contributed by atoms with Crippen LogP contribution in [0.5, 0.6) is 11.5 Å². The number of nitrogen functional groups attached to an aromatic ring is 1. The molecular weight excluding hydrogens is 383 g/mol. The molecule has 0 aliphatic carbocycles. The predicted molar refractivity (Wildman–Crippen MR) is 89.4 cm³/mol. The predicted octanol–water partition coefficient (Wildman–Crippen LogP) is 2.52. The smallest absolute Gasteiger partial charge is 0.255 e. The summed E-state index contributed by atoms with van der Waals surface area (Å²) < 4.78 is 5.96. The zero-order chi connectivity index (χ0) is 15.4. The van der Waals surface area contributed by atoms with E-state index in [1.165, 1.54) is 6.07 Å². The molecule has 0 atom stereocenters. The lowest BCUT2D eigenvalue weighted by Gasteiger charge is -2.09. The summed E-state index contributed by atoms with van der Waals surface area (Å²) in [7, 11) is 1.55. The highest BCUT2D eigenvalue weighted by Gasteiger charge is 2.11. The first-order chi connectivity index (χ1) is 10.0. The van der Waals surface area contributed by atoms with E-state index < -0.39 is 0 Å². The van der Waals surface area contributed by atoms with Crippen LogP contribution in [0.4, 0.5) is 5.69 Å². The van der Waals surface area contributed by atoms with E-state index in [9.17, 15) is 9.90 Å². The number of nitrogens with one attached hydrogen (secondary N) is 1. The molecule has 2 aromatic rings. The number of carbonyl (C=O) groups excluding carboxylic acids is 1. The number of nitrogens with two attached hydrogens (primary N) is 1. The lowest BCUT2D eigenvalue weighted by Crippen LogP contribution is -2.23. The van der Waals surface area contributed by atoms with E-state index in [1.807, 2.05) is 6.07 Å². The van der Waals surface area contributed by atoms with Gasteiger partial charge in [-0.2, -0.15) is 0 Å². The van der Waals surface area contributed by atoms with Gasteiger partial charge in [-0.3, -0.25) is 4.79 Å². The van der Waals surface area contributed by atoms with Crippen LogP contribution in [-0.2, 0) is 6.54 Å². The number of hydrogen-bond donors (Lipinski definition) is 3. The van der Waals surface area contributed by atoms with Crippen LogP contribution in [0.15, 0.2) is 36.4 Å². The van der Waals surface area contributed by atoms with E-state index >= 15 is 0 Å². The van der Waals surface area contributed by atoms with Crippen LogP contribution in [0.2, 0.25) is 0 Å². The molecule has 0 saturated heterocycles. The molecule has 6 heteroatoms. The highest BCUT2D eigenvalue weighted by atomic mass is 127. The maximum Gasteiger partial charge on any atom is 0.255 e.